The number of ether oxygens (including phenoxy) is 5. The van der Waals surface area contributed by atoms with Gasteiger partial charge < -0.3 is 28.8 Å². The summed E-state index contributed by atoms with van der Waals surface area (Å²) in [7, 11) is 2.91. The molecule has 0 aromatic rings. The zero-order valence-corrected chi connectivity index (χ0v) is 16.4. The molecular formula is C19H28O8. The summed E-state index contributed by atoms with van der Waals surface area (Å²) in [5.41, 5.74) is 0.170. The van der Waals surface area contributed by atoms with Crippen LogP contribution in [-0.2, 0) is 33.3 Å². The molecule has 1 N–H and O–H groups in total. The first-order valence-electron chi connectivity index (χ1n) is 8.87. The first-order valence-corrected chi connectivity index (χ1v) is 8.87. The van der Waals surface area contributed by atoms with Crippen molar-refractivity contribution in [3.05, 3.63) is 23.3 Å². The fourth-order valence-corrected chi connectivity index (χ4v) is 3.35. The maximum absolute atomic E-state index is 12.2. The van der Waals surface area contributed by atoms with Gasteiger partial charge in [0.05, 0.1) is 12.5 Å². The third-order valence-electron chi connectivity index (χ3n) is 4.69. The van der Waals surface area contributed by atoms with E-state index in [2.05, 4.69) is 0 Å². The molecular weight excluding hydrogens is 356 g/mol. The first-order chi connectivity index (χ1) is 12.8. The van der Waals surface area contributed by atoms with Crippen molar-refractivity contribution in [1.82, 2.24) is 0 Å². The predicted octanol–water partition coefficient (Wildman–Crippen LogP) is 1.33. The number of allylic oxidation sites excluding steroid dienone is 1. The van der Waals surface area contributed by atoms with E-state index in [0.717, 1.165) is 0 Å². The topological polar surface area (TPSA) is 101 Å². The SMILES string of the molecule is CO[C@H]1O[C@@H](OC(=O)CC(C)C)[C@H]2C(=C1COC(C)=O)C=C[C@@]2(CO)OC. The number of hydrogen-bond donors (Lipinski definition) is 1. The maximum atomic E-state index is 12.2. The largest absolute Gasteiger partial charge is 0.461 e. The third kappa shape index (κ3) is 4.57. The Morgan fingerprint density at radius 2 is 2.04 bits per heavy atom. The van der Waals surface area contributed by atoms with Gasteiger partial charge in [0, 0.05) is 33.1 Å². The Kier molecular flexibility index (Phi) is 7.16. The van der Waals surface area contributed by atoms with E-state index < -0.39 is 36.0 Å². The van der Waals surface area contributed by atoms with Crippen molar-refractivity contribution in [2.24, 2.45) is 11.8 Å². The fourth-order valence-electron chi connectivity index (χ4n) is 3.35. The van der Waals surface area contributed by atoms with Crippen LogP contribution >= 0.6 is 0 Å². The number of aliphatic hydroxyl groups is 1. The Labute approximate surface area is 159 Å². The van der Waals surface area contributed by atoms with Gasteiger partial charge in [-0.3, -0.25) is 9.59 Å². The standard InChI is InChI=1S/C19H28O8/c1-11(2)8-15(22)26-18-16-13(6-7-19(16,10-20)24-5)14(9-25-12(3)21)17(23-4)27-18/h6-7,11,16-18,20H,8-10H2,1-5H3/t16-,17+,18-,19+/m1/s1. The lowest BCUT2D eigenvalue weighted by Gasteiger charge is -2.42. The van der Waals surface area contributed by atoms with Crippen LogP contribution in [-0.4, -0.2) is 62.7 Å². The van der Waals surface area contributed by atoms with Crippen LogP contribution in [0.3, 0.4) is 0 Å². The van der Waals surface area contributed by atoms with E-state index in [9.17, 15) is 14.7 Å². The lowest BCUT2D eigenvalue weighted by atomic mass is 9.83. The summed E-state index contributed by atoms with van der Waals surface area (Å²) in [6, 6.07) is 0. The van der Waals surface area contributed by atoms with Crippen molar-refractivity contribution in [2.75, 3.05) is 27.4 Å². The highest BCUT2D eigenvalue weighted by molar-refractivity contribution is 5.70. The molecule has 0 fully saturated rings. The molecule has 0 radical (unpaired) electrons. The van der Waals surface area contributed by atoms with Crippen molar-refractivity contribution in [3.63, 3.8) is 0 Å². The molecule has 0 saturated carbocycles. The monoisotopic (exact) mass is 384 g/mol. The van der Waals surface area contributed by atoms with Gasteiger partial charge in [0.1, 0.15) is 12.2 Å². The van der Waals surface area contributed by atoms with E-state index in [1.807, 2.05) is 13.8 Å². The quantitative estimate of drug-likeness (QED) is 0.626. The van der Waals surface area contributed by atoms with Gasteiger partial charge in [-0.2, -0.15) is 0 Å². The lowest BCUT2D eigenvalue weighted by molar-refractivity contribution is -0.261. The predicted molar refractivity (Wildman–Crippen MR) is 94.3 cm³/mol. The molecule has 0 bridgehead atoms. The Morgan fingerprint density at radius 3 is 2.56 bits per heavy atom. The molecule has 0 amide bonds. The number of fused-ring (bicyclic) bond motifs is 1. The summed E-state index contributed by atoms with van der Waals surface area (Å²) in [5, 5.41) is 9.97. The number of aliphatic hydroxyl groups excluding tert-OH is 1. The molecule has 0 saturated heterocycles. The molecule has 152 valence electrons. The van der Waals surface area contributed by atoms with Gasteiger partial charge in [-0.05, 0) is 17.6 Å². The zero-order valence-electron chi connectivity index (χ0n) is 16.4. The van der Waals surface area contributed by atoms with E-state index in [4.69, 9.17) is 23.7 Å². The summed E-state index contributed by atoms with van der Waals surface area (Å²) in [6.07, 6.45) is 1.82. The van der Waals surface area contributed by atoms with Crippen LogP contribution in [0, 0.1) is 11.8 Å². The third-order valence-corrected chi connectivity index (χ3v) is 4.69. The minimum Gasteiger partial charge on any atom is -0.461 e. The molecule has 2 aliphatic rings. The minimum atomic E-state index is -1.11. The highest BCUT2D eigenvalue weighted by Gasteiger charge is 2.53. The Balaban J connectivity index is 2.40. The van der Waals surface area contributed by atoms with Crippen LogP contribution in [0.5, 0.6) is 0 Å². The summed E-state index contributed by atoms with van der Waals surface area (Å²) >= 11 is 0. The van der Waals surface area contributed by atoms with Crippen LogP contribution in [0.1, 0.15) is 27.2 Å². The summed E-state index contributed by atoms with van der Waals surface area (Å²) in [4.78, 5) is 23.5. The van der Waals surface area contributed by atoms with E-state index in [0.29, 0.717) is 11.1 Å². The first kappa shape index (κ1) is 21.6. The van der Waals surface area contributed by atoms with E-state index in [-0.39, 0.29) is 25.6 Å². The number of esters is 2. The van der Waals surface area contributed by atoms with Crippen LogP contribution in [0.15, 0.2) is 23.3 Å². The molecule has 2 rings (SSSR count). The van der Waals surface area contributed by atoms with Gasteiger partial charge in [-0.1, -0.05) is 19.9 Å². The average Bonchev–Trinajstić information content (AvgIpc) is 3.00. The van der Waals surface area contributed by atoms with Gasteiger partial charge in [0.15, 0.2) is 6.29 Å². The number of carbonyl (C=O) groups is 2. The molecule has 1 aliphatic heterocycles. The van der Waals surface area contributed by atoms with Crippen molar-refractivity contribution >= 4 is 11.9 Å². The molecule has 0 spiro atoms. The molecule has 0 unspecified atom stereocenters. The normalized spacial score (nSPS) is 29.8. The Hall–Kier alpha value is -1.74. The van der Waals surface area contributed by atoms with Crippen molar-refractivity contribution < 1.29 is 38.4 Å². The molecule has 0 aromatic heterocycles. The number of hydrogen-bond acceptors (Lipinski definition) is 8. The minimum absolute atomic E-state index is 0.0398. The van der Waals surface area contributed by atoms with Crippen LogP contribution in [0.4, 0.5) is 0 Å². The van der Waals surface area contributed by atoms with Crippen molar-refractivity contribution in [1.29, 1.82) is 0 Å². The van der Waals surface area contributed by atoms with Gasteiger partial charge in [-0.25, -0.2) is 0 Å². The molecule has 8 heteroatoms. The zero-order chi connectivity index (χ0) is 20.2. The van der Waals surface area contributed by atoms with Crippen LogP contribution in [0.2, 0.25) is 0 Å². The fraction of sp³-hybridized carbons (Fsp3) is 0.684. The average molecular weight is 384 g/mol. The molecule has 27 heavy (non-hydrogen) atoms. The summed E-state index contributed by atoms with van der Waals surface area (Å²) in [5.74, 6) is -1.34. The molecule has 4 atom stereocenters. The highest BCUT2D eigenvalue weighted by atomic mass is 16.8. The summed E-state index contributed by atoms with van der Waals surface area (Å²) < 4.78 is 27.5. The van der Waals surface area contributed by atoms with Crippen LogP contribution < -0.4 is 0 Å². The second-order valence-corrected chi connectivity index (χ2v) is 7.05. The smallest absolute Gasteiger partial charge is 0.308 e. The van der Waals surface area contributed by atoms with Gasteiger partial charge in [0.25, 0.3) is 0 Å². The van der Waals surface area contributed by atoms with Crippen LogP contribution in [0.25, 0.3) is 0 Å². The molecule has 8 nitrogen and oxygen atoms in total. The maximum Gasteiger partial charge on any atom is 0.308 e. The summed E-state index contributed by atoms with van der Waals surface area (Å²) in [6.45, 7) is 4.75. The molecule has 1 heterocycles. The van der Waals surface area contributed by atoms with Gasteiger partial charge in [0.2, 0.25) is 6.29 Å². The second kappa shape index (κ2) is 8.97. The second-order valence-electron chi connectivity index (χ2n) is 7.05. The number of methoxy groups -OCH3 is 2. The van der Waals surface area contributed by atoms with Gasteiger partial charge in [-0.15, -0.1) is 0 Å². The highest BCUT2D eigenvalue weighted by Crippen LogP contribution is 2.46. The molecule has 1 aliphatic carbocycles. The van der Waals surface area contributed by atoms with Crippen molar-refractivity contribution in [2.45, 2.75) is 45.4 Å². The number of rotatable bonds is 8. The Morgan fingerprint density at radius 1 is 1.33 bits per heavy atom. The molecule has 0 aromatic carbocycles. The van der Waals surface area contributed by atoms with E-state index >= 15 is 0 Å². The number of carbonyl (C=O) groups excluding carboxylic acids is 2. The van der Waals surface area contributed by atoms with E-state index in [1.54, 1.807) is 12.2 Å². The van der Waals surface area contributed by atoms with Crippen molar-refractivity contribution in [3.8, 4) is 0 Å². The lowest BCUT2D eigenvalue weighted by Crippen LogP contribution is -2.52. The van der Waals surface area contributed by atoms with E-state index in [1.165, 1.54) is 21.1 Å². The van der Waals surface area contributed by atoms with Gasteiger partial charge >= 0.3 is 11.9 Å². The Bertz CT molecular complexity index is 617.